The number of primary amides is 1. The highest BCUT2D eigenvalue weighted by molar-refractivity contribution is 5.91. The van der Waals surface area contributed by atoms with Crippen molar-refractivity contribution < 1.29 is 4.79 Å². The monoisotopic (exact) mass is 253 g/mol. The molecule has 0 bridgehead atoms. The van der Waals surface area contributed by atoms with Crippen LogP contribution in [0.5, 0.6) is 0 Å². The first-order valence-corrected chi connectivity index (χ1v) is 5.71. The van der Waals surface area contributed by atoms with Crippen LogP contribution in [-0.4, -0.2) is 5.91 Å². The highest BCUT2D eigenvalue weighted by atomic mass is 16.1. The van der Waals surface area contributed by atoms with Crippen LogP contribution >= 0.6 is 0 Å². The zero-order valence-electron chi connectivity index (χ0n) is 10.4. The molecule has 0 aromatic carbocycles. The fourth-order valence-corrected chi connectivity index (χ4v) is 1.07. The Hall–Kier alpha value is -2.75. The molecule has 1 heterocycles. The van der Waals surface area contributed by atoms with Crippen molar-refractivity contribution in [3.8, 4) is 0 Å². The number of allylic oxidation sites excluding steroid dienone is 12. The molecule has 0 aromatic rings. The summed E-state index contributed by atoms with van der Waals surface area (Å²) in [5.41, 5.74) is 5.28. The van der Waals surface area contributed by atoms with Crippen molar-refractivity contribution in [1.82, 2.24) is 0 Å². The van der Waals surface area contributed by atoms with Gasteiger partial charge in [-0.2, -0.15) is 5.11 Å². The Bertz CT molecular complexity index is 530. The van der Waals surface area contributed by atoms with Crippen LogP contribution < -0.4 is 5.73 Å². The summed E-state index contributed by atoms with van der Waals surface area (Å²) in [5.74, 6) is -0.620. The molecule has 1 aliphatic heterocycles. The maximum atomic E-state index is 11.1. The average molecular weight is 253 g/mol. The Morgan fingerprint density at radius 2 is 1.26 bits per heavy atom. The van der Waals surface area contributed by atoms with E-state index in [1.807, 2.05) is 42.5 Å². The lowest BCUT2D eigenvalue weighted by Crippen LogP contribution is -2.11. The van der Waals surface area contributed by atoms with Gasteiger partial charge in [0.05, 0.1) is 0 Å². The second-order valence-corrected chi connectivity index (χ2v) is 3.40. The number of carbonyl (C=O) groups is 1. The van der Waals surface area contributed by atoms with E-state index < -0.39 is 5.91 Å². The van der Waals surface area contributed by atoms with Crippen molar-refractivity contribution in [1.29, 1.82) is 0 Å². The molecule has 0 spiro atoms. The fourth-order valence-electron chi connectivity index (χ4n) is 1.07. The van der Waals surface area contributed by atoms with Gasteiger partial charge in [0, 0.05) is 6.20 Å². The highest BCUT2D eigenvalue weighted by Gasteiger charge is 1.99. The molecule has 96 valence electrons. The smallest absolute Gasteiger partial charge is 0.269 e. The third-order valence-corrected chi connectivity index (χ3v) is 1.94. The van der Waals surface area contributed by atoms with Gasteiger partial charge >= 0.3 is 0 Å². The van der Waals surface area contributed by atoms with E-state index in [0.717, 1.165) is 0 Å². The third kappa shape index (κ3) is 7.23. The maximum Gasteiger partial charge on any atom is 0.269 e. The van der Waals surface area contributed by atoms with Gasteiger partial charge in [0.1, 0.15) is 0 Å². The molecule has 0 aliphatic carbocycles. The number of nitrogens with zero attached hydrogens (tertiary/aromatic N) is 2. The number of hydrogen-bond acceptors (Lipinski definition) is 3. The van der Waals surface area contributed by atoms with Crippen LogP contribution in [0.2, 0.25) is 0 Å². The molecule has 19 heavy (non-hydrogen) atoms. The molecule has 0 saturated heterocycles. The SMILES string of the molecule is NC(=O)C1=C/C=C\C=C/C=C\C=C/C=C/C=C\N=N\1. The Morgan fingerprint density at radius 3 is 1.79 bits per heavy atom. The van der Waals surface area contributed by atoms with Crippen molar-refractivity contribution in [3.05, 3.63) is 84.8 Å². The second-order valence-electron chi connectivity index (χ2n) is 3.40. The summed E-state index contributed by atoms with van der Waals surface area (Å²) < 4.78 is 0. The summed E-state index contributed by atoms with van der Waals surface area (Å²) in [6.45, 7) is 0. The zero-order valence-corrected chi connectivity index (χ0v) is 10.4. The van der Waals surface area contributed by atoms with E-state index in [1.165, 1.54) is 12.3 Å². The lowest BCUT2D eigenvalue weighted by atomic mass is 10.3. The van der Waals surface area contributed by atoms with Crippen LogP contribution in [0, 0.1) is 0 Å². The van der Waals surface area contributed by atoms with Crippen molar-refractivity contribution in [2.75, 3.05) is 0 Å². The van der Waals surface area contributed by atoms with Gasteiger partial charge < -0.3 is 5.73 Å². The van der Waals surface area contributed by atoms with Crippen LogP contribution in [0.25, 0.3) is 0 Å². The van der Waals surface area contributed by atoms with Gasteiger partial charge in [0.25, 0.3) is 5.91 Å². The number of rotatable bonds is 1. The van der Waals surface area contributed by atoms with E-state index in [9.17, 15) is 4.79 Å². The minimum atomic E-state index is -0.620. The first-order valence-electron chi connectivity index (χ1n) is 5.71. The number of carbonyl (C=O) groups excluding carboxylic acids is 1. The van der Waals surface area contributed by atoms with E-state index in [0.29, 0.717) is 0 Å². The Morgan fingerprint density at radius 1 is 0.789 bits per heavy atom. The van der Waals surface area contributed by atoms with Crippen LogP contribution in [-0.2, 0) is 4.79 Å². The minimum Gasteiger partial charge on any atom is -0.364 e. The third-order valence-electron chi connectivity index (χ3n) is 1.94. The molecule has 0 radical (unpaired) electrons. The summed E-state index contributed by atoms with van der Waals surface area (Å²) in [6, 6.07) is 0. The normalized spacial score (nSPS) is 30.2. The minimum absolute atomic E-state index is 0.0980. The Kier molecular flexibility index (Phi) is 7.00. The molecule has 0 saturated carbocycles. The lowest BCUT2D eigenvalue weighted by Gasteiger charge is -1.90. The largest absolute Gasteiger partial charge is 0.364 e. The molecule has 2 N–H and O–H groups in total. The summed E-state index contributed by atoms with van der Waals surface area (Å²) in [7, 11) is 0. The molecular weight excluding hydrogens is 238 g/mol. The molecule has 0 aromatic heterocycles. The van der Waals surface area contributed by atoms with Crippen molar-refractivity contribution in [3.63, 3.8) is 0 Å². The van der Waals surface area contributed by atoms with E-state index in [2.05, 4.69) is 10.2 Å². The number of azo groups is 1. The van der Waals surface area contributed by atoms with Crippen LogP contribution in [0.15, 0.2) is 95.0 Å². The number of hydrogen-bond donors (Lipinski definition) is 1. The Balaban J connectivity index is 2.92. The summed E-state index contributed by atoms with van der Waals surface area (Å²) in [6.07, 6.45) is 23.1. The summed E-state index contributed by atoms with van der Waals surface area (Å²) >= 11 is 0. The summed E-state index contributed by atoms with van der Waals surface area (Å²) in [5, 5.41) is 7.47. The van der Waals surface area contributed by atoms with E-state index in [-0.39, 0.29) is 5.70 Å². The summed E-state index contributed by atoms with van der Waals surface area (Å²) in [4.78, 5) is 11.1. The molecular formula is C15H15N3O. The molecule has 1 amide bonds. The zero-order chi connectivity index (χ0) is 13.8. The molecule has 0 atom stereocenters. The molecule has 0 unspecified atom stereocenters. The van der Waals surface area contributed by atoms with Gasteiger partial charge in [-0.3, -0.25) is 4.79 Å². The molecule has 0 fully saturated rings. The number of nitrogens with two attached hydrogens (primary N) is 1. The fraction of sp³-hybridized carbons (Fsp3) is 0. The van der Waals surface area contributed by atoms with Crippen molar-refractivity contribution >= 4 is 5.91 Å². The van der Waals surface area contributed by atoms with Gasteiger partial charge in [0.2, 0.25) is 0 Å². The first kappa shape index (κ1) is 14.3. The van der Waals surface area contributed by atoms with Crippen LogP contribution in [0.4, 0.5) is 0 Å². The molecule has 4 heteroatoms. The van der Waals surface area contributed by atoms with Gasteiger partial charge in [-0.1, -0.05) is 60.8 Å². The van der Waals surface area contributed by atoms with Gasteiger partial charge in [-0.05, 0) is 12.2 Å². The van der Waals surface area contributed by atoms with E-state index in [1.54, 1.807) is 24.3 Å². The second kappa shape index (κ2) is 9.30. The van der Waals surface area contributed by atoms with Crippen LogP contribution in [0.1, 0.15) is 0 Å². The predicted molar refractivity (Wildman–Crippen MR) is 77.0 cm³/mol. The average Bonchev–Trinajstić information content (AvgIpc) is 2.38. The van der Waals surface area contributed by atoms with Gasteiger partial charge in [0.15, 0.2) is 5.70 Å². The first-order chi connectivity index (χ1) is 9.30. The quantitative estimate of drug-likeness (QED) is 0.766. The maximum absolute atomic E-state index is 11.1. The topological polar surface area (TPSA) is 67.8 Å². The molecule has 1 aliphatic rings. The van der Waals surface area contributed by atoms with E-state index in [4.69, 9.17) is 5.73 Å². The highest BCUT2D eigenvalue weighted by Crippen LogP contribution is 1.98. The van der Waals surface area contributed by atoms with Crippen molar-refractivity contribution in [2.45, 2.75) is 0 Å². The van der Waals surface area contributed by atoms with Gasteiger partial charge in [-0.25, -0.2) is 0 Å². The van der Waals surface area contributed by atoms with Crippen molar-refractivity contribution in [2.24, 2.45) is 16.0 Å². The number of amides is 1. The van der Waals surface area contributed by atoms with E-state index >= 15 is 0 Å². The molecule has 4 nitrogen and oxygen atoms in total. The lowest BCUT2D eigenvalue weighted by molar-refractivity contribution is -0.114. The van der Waals surface area contributed by atoms with Crippen LogP contribution in [0.3, 0.4) is 0 Å². The molecule has 1 rings (SSSR count). The van der Waals surface area contributed by atoms with Gasteiger partial charge in [-0.15, -0.1) is 5.11 Å². The predicted octanol–water partition coefficient (Wildman–Crippen LogP) is 3.12. The standard InChI is InChI=1S/C15H15N3O/c16-15(19)14-12-10-8-6-4-2-1-3-5-7-9-11-13-17-18-14/h1-13H,(H2,16,19)/b2-1-,3-1?,4-2?,5-3-,6-4-,7-5?,8-6?,9-7+,10-8-,11-9?,12-10?,13-11-,14-12-,17-13?,18-14?,18-17+. The Labute approximate surface area is 112 Å².